The van der Waals surface area contributed by atoms with Gasteiger partial charge in [-0.25, -0.2) is 0 Å². The van der Waals surface area contributed by atoms with Gasteiger partial charge in [-0.15, -0.1) is 0 Å². The summed E-state index contributed by atoms with van der Waals surface area (Å²) < 4.78 is 11.8. The van der Waals surface area contributed by atoms with Crippen LogP contribution in [0.25, 0.3) is 0 Å². The quantitative estimate of drug-likeness (QED) is 0.768. The molecule has 0 radical (unpaired) electrons. The average molecular weight is 392 g/mol. The van der Waals surface area contributed by atoms with Crippen LogP contribution in [0, 0.1) is 0 Å². The Morgan fingerprint density at radius 2 is 1.88 bits per heavy atom. The lowest BCUT2D eigenvalue weighted by molar-refractivity contribution is 0.0948. The van der Waals surface area contributed by atoms with E-state index in [0.717, 1.165) is 22.2 Å². The zero-order chi connectivity index (χ0) is 17.5. The smallest absolute Gasteiger partial charge is 0.255 e. The largest absolute Gasteiger partial charge is 0.497 e. The second-order valence-corrected chi connectivity index (χ2v) is 6.58. The monoisotopic (exact) mass is 391 g/mol. The van der Waals surface area contributed by atoms with Crippen LogP contribution in [0.2, 0.25) is 0 Å². The van der Waals surface area contributed by atoms with Crippen LogP contribution in [0.4, 0.5) is 0 Å². The van der Waals surface area contributed by atoms with Gasteiger partial charge in [0.1, 0.15) is 11.5 Å². The normalized spacial score (nSPS) is 10.5. The summed E-state index contributed by atoms with van der Waals surface area (Å²) in [5.41, 5.74) is 1.69. The first-order valence-electron chi connectivity index (χ1n) is 7.87. The van der Waals surface area contributed by atoms with Crippen molar-refractivity contribution < 1.29 is 14.3 Å². The molecule has 4 nitrogen and oxygen atoms in total. The van der Waals surface area contributed by atoms with Crippen LogP contribution in [-0.4, -0.2) is 25.7 Å². The van der Waals surface area contributed by atoms with E-state index in [0.29, 0.717) is 17.9 Å². The summed E-state index contributed by atoms with van der Waals surface area (Å²) in [6.07, 6.45) is 0.761. The average Bonchev–Trinajstić information content (AvgIpc) is 2.55. The molecule has 0 aliphatic heterocycles. The Labute approximate surface area is 151 Å². The van der Waals surface area contributed by atoms with Crippen molar-refractivity contribution in [3.63, 3.8) is 0 Å². The maximum Gasteiger partial charge on any atom is 0.255 e. The molecule has 0 saturated heterocycles. The lowest BCUT2D eigenvalue weighted by Crippen LogP contribution is -2.26. The third-order valence-corrected chi connectivity index (χ3v) is 3.90. The molecule has 1 amide bonds. The topological polar surface area (TPSA) is 47.6 Å². The van der Waals surface area contributed by atoms with Crippen molar-refractivity contribution in [3.05, 3.63) is 58.1 Å². The third-order valence-electron chi connectivity index (χ3n) is 3.41. The molecule has 2 aromatic carbocycles. The standard InChI is InChI=1S/C19H22BrNO3/c1-13(2)24-18-12-15(20)6-9-17(18)19(22)21-11-10-14-4-7-16(23-3)8-5-14/h4-9,12-13H,10-11H2,1-3H3,(H,21,22). The predicted octanol–water partition coefficient (Wildman–Crippen LogP) is 4.22. The van der Waals surface area contributed by atoms with Gasteiger partial charge in [-0.2, -0.15) is 0 Å². The summed E-state index contributed by atoms with van der Waals surface area (Å²) in [6, 6.07) is 13.3. The fourth-order valence-corrected chi connectivity index (χ4v) is 2.58. The van der Waals surface area contributed by atoms with E-state index >= 15 is 0 Å². The first kappa shape index (κ1) is 18.3. The lowest BCUT2D eigenvalue weighted by Gasteiger charge is -2.14. The van der Waals surface area contributed by atoms with Crippen molar-refractivity contribution >= 4 is 21.8 Å². The highest BCUT2D eigenvalue weighted by Gasteiger charge is 2.14. The van der Waals surface area contributed by atoms with Crippen molar-refractivity contribution in [2.75, 3.05) is 13.7 Å². The molecular weight excluding hydrogens is 370 g/mol. The molecule has 2 rings (SSSR count). The zero-order valence-electron chi connectivity index (χ0n) is 14.1. The Bertz CT molecular complexity index is 684. The van der Waals surface area contributed by atoms with Gasteiger partial charge in [-0.1, -0.05) is 28.1 Å². The minimum absolute atomic E-state index is 0.00477. The second kappa shape index (κ2) is 8.73. The second-order valence-electron chi connectivity index (χ2n) is 5.66. The van der Waals surface area contributed by atoms with Crippen LogP contribution < -0.4 is 14.8 Å². The summed E-state index contributed by atoms with van der Waals surface area (Å²) in [5.74, 6) is 1.28. The number of hydrogen-bond acceptors (Lipinski definition) is 3. The number of benzene rings is 2. The molecule has 2 aromatic rings. The number of halogens is 1. The molecule has 0 atom stereocenters. The number of carbonyl (C=O) groups is 1. The molecule has 24 heavy (non-hydrogen) atoms. The van der Waals surface area contributed by atoms with E-state index in [-0.39, 0.29) is 12.0 Å². The molecule has 0 fully saturated rings. The van der Waals surface area contributed by atoms with Gasteiger partial charge in [-0.05, 0) is 56.2 Å². The molecule has 5 heteroatoms. The first-order valence-corrected chi connectivity index (χ1v) is 8.66. The van der Waals surface area contributed by atoms with Gasteiger partial charge in [0.15, 0.2) is 0 Å². The van der Waals surface area contributed by atoms with Crippen LogP contribution in [0.1, 0.15) is 29.8 Å². The maximum atomic E-state index is 12.4. The fourth-order valence-electron chi connectivity index (χ4n) is 2.24. The minimum atomic E-state index is -0.133. The van der Waals surface area contributed by atoms with Gasteiger partial charge in [0.05, 0.1) is 18.8 Å². The Morgan fingerprint density at radius 1 is 1.17 bits per heavy atom. The van der Waals surface area contributed by atoms with Crippen molar-refractivity contribution in [3.8, 4) is 11.5 Å². The first-order chi connectivity index (χ1) is 11.5. The van der Waals surface area contributed by atoms with Crippen molar-refractivity contribution in [1.82, 2.24) is 5.32 Å². The third kappa shape index (κ3) is 5.27. The Hall–Kier alpha value is -2.01. The number of amides is 1. The highest BCUT2D eigenvalue weighted by atomic mass is 79.9. The summed E-state index contributed by atoms with van der Waals surface area (Å²) in [4.78, 5) is 12.4. The van der Waals surface area contributed by atoms with Crippen molar-refractivity contribution in [2.45, 2.75) is 26.4 Å². The molecule has 0 unspecified atom stereocenters. The minimum Gasteiger partial charge on any atom is -0.497 e. The number of rotatable bonds is 7. The summed E-state index contributed by atoms with van der Waals surface area (Å²) in [6.45, 7) is 4.43. The fraction of sp³-hybridized carbons (Fsp3) is 0.316. The predicted molar refractivity (Wildman–Crippen MR) is 98.9 cm³/mol. The van der Waals surface area contributed by atoms with Crippen LogP contribution in [0.15, 0.2) is 46.9 Å². The van der Waals surface area contributed by atoms with Gasteiger partial charge < -0.3 is 14.8 Å². The molecule has 0 bridgehead atoms. The summed E-state index contributed by atoms with van der Waals surface area (Å²) in [5, 5.41) is 2.94. The Kier molecular flexibility index (Phi) is 6.67. The van der Waals surface area contributed by atoms with Gasteiger partial charge in [-0.3, -0.25) is 4.79 Å². The Balaban J connectivity index is 1.96. The molecule has 128 valence electrons. The maximum absolute atomic E-state index is 12.4. The summed E-state index contributed by atoms with van der Waals surface area (Å²) >= 11 is 3.41. The highest BCUT2D eigenvalue weighted by Crippen LogP contribution is 2.24. The van der Waals surface area contributed by atoms with Gasteiger partial charge in [0.25, 0.3) is 5.91 Å². The van der Waals surface area contributed by atoms with Crippen LogP contribution in [0.5, 0.6) is 11.5 Å². The van der Waals surface area contributed by atoms with Crippen LogP contribution in [0.3, 0.4) is 0 Å². The number of nitrogens with one attached hydrogen (secondary N) is 1. The molecular formula is C19H22BrNO3. The van der Waals surface area contributed by atoms with E-state index in [2.05, 4.69) is 21.2 Å². The molecule has 1 N–H and O–H groups in total. The van der Waals surface area contributed by atoms with E-state index in [1.54, 1.807) is 13.2 Å². The zero-order valence-corrected chi connectivity index (χ0v) is 15.7. The van der Waals surface area contributed by atoms with E-state index in [4.69, 9.17) is 9.47 Å². The van der Waals surface area contributed by atoms with Gasteiger partial charge >= 0.3 is 0 Å². The molecule has 0 aromatic heterocycles. The SMILES string of the molecule is COc1ccc(CCNC(=O)c2ccc(Br)cc2OC(C)C)cc1. The lowest BCUT2D eigenvalue weighted by atomic mass is 10.1. The van der Waals surface area contributed by atoms with Crippen molar-refractivity contribution in [2.24, 2.45) is 0 Å². The summed E-state index contributed by atoms with van der Waals surface area (Å²) in [7, 11) is 1.64. The Morgan fingerprint density at radius 3 is 2.50 bits per heavy atom. The van der Waals surface area contributed by atoms with E-state index < -0.39 is 0 Å². The van der Waals surface area contributed by atoms with Crippen LogP contribution >= 0.6 is 15.9 Å². The molecule has 0 aliphatic carbocycles. The van der Waals surface area contributed by atoms with E-state index in [1.165, 1.54) is 0 Å². The number of hydrogen-bond donors (Lipinski definition) is 1. The van der Waals surface area contributed by atoms with Crippen LogP contribution in [-0.2, 0) is 6.42 Å². The molecule has 0 saturated carbocycles. The van der Waals surface area contributed by atoms with Gasteiger partial charge in [0, 0.05) is 11.0 Å². The number of carbonyl (C=O) groups excluding carboxylic acids is 1. The molecule has 0 heterocycles. The number of methoxy groups -OCH3 is 1. The molecule has 0 spiro atoms. The highest BCUT2D eigenvalue weighted by molar-refractivity contribution is 9.10. The van der Waals surface area contributed by atoms with E-state index in [1.807, 2.05) is 50.2 Å². The van der Waals surface area contributed by atoms with Gasteiger partial charge in [0.2, 0.25) is 0 Å². The molecule has 0 aliphatic rings. The number of ether oxygens (including phenoxy) is 2. The van der Waals surface area contributed by atoms with E-state index in [9.17, 15) is 4.79 Å². The van der Waals surface area contributed by atoms with Crippen molar-refractivity contribution in [1.29, 1.82) is 0 Å².